The Morgan fingerprint density at radius 1 is 1.56 bits per heavy atom. The number of aromatic nitrogens is 2. The summed E-state index contributed by atoms with van der Waals surface area (Å²) in [6.07, 6.45) is 0. The van der Waals surface area contributed by atoms with Crippen LogP contribution in [0.15, 0.2) is 32.2 Å². The number of anilines is 1. The molecule has 0 saturated carbocycles. The Labute approximate surface area is 155 Å². The number of amidine groups is 1. The molecule has 0 amide bonds. The zero-order chi connectivity index (χ0) is 21.9. The predicted octanol–water partition coefficient (Wildman–Crippen LogP) is 0.233. The summed E-state index contributed by atoms with van der Waals surface area (Å²) >= 11 is 2.84. The van der Waals surface area contributed by atoms with Crippen molar-refractivity contribution in [3.05, 3.63) is 34.1 Å². The van der Waals surface area contributed by atoms with Crippen molar-refractivity contribution in [1.29, 1.82) is 0 Å². The minimum atomic E-state index is -4.25. The van der Waals surface area contributed by atoms with Crippen LogP contribution in [0.25, 0.3) is 0 Å². The Bertz CT molecular complexity index is 1040. The van der Waals surface area contributed by atoms with E-state index < -0.39 is 47.0 Å². The molecular formula is C11H13BrFN7O4S. The minimum Gasteiger partial charge on any atom is -0.364 e. The van der Waals surface area contributed by atoms with Crippen LogP contribution in [0.1, 0.15) is 11.2 Å². The highest BCUT2D eigenvalue weighted by Crippen LogP contribution is 2.23. The molecule has 2 unspecified atom stereocenters. The van der Waals surface area contributed by atoms with Gasteiger partial charge in [0.05, 0.1) is 14.3 Å². The van der Waals surface area contributed by atoms with E-state index in [1.807, 2.05) is 0 Å². The SMILES string of the molecule is [2H]c1cc(F)c(Br)c([2H])c1N=C(NO)c1nonc1NC([2H])C([2H])NS(N)(=O)=O. The van der Waals surface area contributed by atoms with Gasteiger partial charge in [-0.15, -0.1) is 0 Å². The number of hydrogen-bond acceptors (Lipinski definition) is 8. The summed E-state index contributed by atoms with van der Waals surface area (Å²) in [4.78, 5) is 3.83. The molecule has 2 aromatic rings. The Morgan fingerprint density at radius 2 is 2.32 bits per heavy atom. The molecule has 1 aromatic heterocycles. The molecule has 6 N–H and O–H groups in total. The predicted molar refractivity (Wildman–Crippen MR) is 89.1 cm³/mol. The maximum Gasteiger partial charge on any atom is 0.274 e. The van der Waals surface area contributed by atoms with Crippen molar-refractivity contribution in [2.24, 2.45) is 10.1 Å². The molecule has 0 radical (unpaired) electrons. The standard InChI is InChI=1S/C11H13BrFN7O4S/c12-7-5-6(1-2-8(7)13)17-11(18-21)9-10(20-24-19-9)15-3-4-16-25(14,22)23/h1-2,5,16,21H,3-4H2,(H,15,20)(H,17,18)(H2,14,22,23)/i1D,3D,4D,5D. The first-order chi connectivity index (χ1) is 13.4. The van der Waals surface area contributed by atoms with E-state index in [-0.39, 0.29) is 21.7 Å². The lowest BCUT2D eigenvalue weighted by Crippen LogP contribution is -2.34. The number of nitrogens with one attached hydrogen (secondary N) is 3. The van der Waals surface area contributed by atoms with Crippen molar-refractivity contribution in [3.63, 3.8) is 0 Å². The van der Waals surface area contributed by atoms with Crippen LogP contribution in [-0.2, 0) is 10.2 Å². The molecule has 0 fully saturated rings. The lowest BCUT2D eigenvalue weighted by atomic mass is 10.3. The van der Waals surface area contributed by atoms with Gasteiger partial charge >= 0.3 is 0 Å². The second-order valence-electron chi connectivity index (χ2n) is 4.10. The number of rotatable bonds is 7. The molecular weight excluding hydrogens is 425 g/mol. The van der Waals surface area contributed by atoms with E-state index in [1.165, 1.54) is 0 Å². The number of nitrogens with zero attached hydrogens (tertiary/aromatic N) is 3. The van der Waals surface area contributed by atoms with Gasteiger partial charge in [-0.05, 0) is 44.4 Å². The molecule has 0 aliphatic heterocycles. The van der Waals surface area contributed by atoms with Crippen LogP contribution >= 0.6 is 15.9 Å². The van der Waals surface area contributed by atoms with E-state index >= 15 is 0 Å². The third-order valence-corrected chi connectivity index (χ3v) is 3.39. The fourth-order valence-electron chi connectivity index (χ4n) is 1.39. The number of hydrogen-bond donors (Lipinski definition) is 5. The highest BCUT2D eigenvalue weighted by atomic mass is 79.9. The van der Waals surface area contributed by atoms with Gasteiger partial charge in [-0.25, -0.2) is 23.9 Å². The molecule has 0 aliphatic carbocycles. The fourth-order valence-corrected chi connectivity index (χ4v) is 1.95. The second-order valence-corrected chi connectivity index (χ2v) is 6.22. The quantitative estimate of drug-likeness (QED) is 0.231. The van der Waals surface area contributed by atoms with Crippen molar-refractivity contribution in [1.82, 2.24) is 20.5 Å². The van der Waals surface area contributed by atoms with Gasteiger partial charge in [0.2, 0.25) is 5.82 Å². The first kappa shape index (κ1) is 14.1. The molecule has 14 heteroatoms. The number of aliphatic imine (C=N–C) groups is 1. The second kappa shape index (κ2) is 8.30. The Hall–Kier alpha value is -2.13. The average molecular weight is 442 g/mol. The van der Waals surface area contributed by atoms with Crippen LogP contribution in [0.5, 0.6) is 0 Å². The lowest BCUT2D eigenvalue weighted by molar-refractivity contribution is 0.234. The van der Waals surface area contributed by atoms with Gasteiger partial charge in [0, 0.05) is 14.4 Å². The number of hydroxylamine groups is 1. The maximum absolute atomic E-state index is 13.6. The summed E-state index contributed by atoms with van der Waals surface area (Å²) in [5, 5.41) is 23.3. The molecule has 0 bridgehead atoms. The largest absolute Gasteiger partial charge is 0.364 e. The van der Waals surface area contributed by atoms with Gasteiger partial charge < -0.3 is 5.32 Å². The van der Waals surface area contributed by atoms with Crippen LogP contribution in [0.3, 0.4) is 0 Å². The highest BCUT2D eigenvalue weighted by Gasteiger charge is 2.16. The minimum absolute atomic E-state index is 0.265. The van der Waals surface area contributed by atoms with Crippen molar-refractivity contribution in [2.75, 3.05) is 18.4 Å². The van der Waals surface area contributed by atoms with E-state index in [0.717, 1.165) is 6.07 Å². The summed E-state index contributed by atoms with van der Waals surface area (Å²) < 4.78 is 72.2. The van der Waals surface area contributed by atoms with Gasteiger partial charge in [0.25, 0.3) is 10.2 Å². The average Bonchev–Trinajstić information content (AvgIpc) is 3.06. The third-order valence-electron chi connectivity index (χ3n) is 2.35. The summed E-state index contributed by atoms with van der Waals surface area (Å²) in [6.45, 7) is -3.39. The van der Waals surface area contributed by atoms with E-state index in [4.69, 9.17) is 10.6 Å². The van der Waals surface area contributed by atoms with E-state index in [1.54, 1.807) is 10.2 Å². The summed E-state index contributed by atoms with van der Waals surface area (Å²) in [5.41, 5.74) is 0.967. The van der Waals surface area contributed by atoms with Gasteiger partial charge in [-0.3, -0.25) is 10.7 Å². The summed E-state index contributed by atoms with van der Waals surface area (Å²) in [5.74, 6) is -1.69. The van der Waals surface area contributed by atoms with Gasteiger partial charge in [-0.1, -0.05) is 0 Å². The molecule has 0 saturated heterocycles. The number of halogens is 2. The normalized spacial score (nSPS) is 17.0. The Kier molecular flexibility index (Phi) is 4.68. The zero-order valence-corrected chi connectivity index (χ0v) is 14.4. The van der Waals surface area contributed by atoms with Gasteiger partial charge in [-0.2, -0.15) is 8.42 Å². The van der Waals surface area contributed by atoms with Crippen molar-refractivity contribution < 1.29 is 28.1 Å². The molecule has 0 spiro atoms. The first-order valence-corrected chi connectivity index (χ1v) is 8.46. The maximum atomic E-state index is 13.6. The molecule has 11 nitrogen and oxygen atoms in total. The van der Waals surface area contributed by atoms with Gasteiger partial charge in [0.1, 0.15) is 5.82 Å². The number of benzene rings is 1. The first-order valence-electron chi connectivity index (χ1n) is 8.28. The van der Waals surface area contributed by atoms with E-state index in [9.17, 15) is 18.0 Å². The van der Waals surface area contributed by atoms with Crippen LogP contribution < -0.4 is 20.7 Å². The zero-order valence-electron chi connectivity index (χ0n) is 16.0. The molecule has 136 valence electrons. The molecule has 25 heavy (non-hydrogen) atoms. The van der Waals surface area contributed by atoms with Crippen LogP contribution in [0.2, 0.25) is 0 Å². The lowest BCUT2D eigenvalue weighted by Gasteiger charge is -2.06. The molecule has 2 rings (SSSR count). The van der Waals surface area contributed by atoms with Crippen molar-refractivity contribution in [2.45, 2.75) is 0 Å². The topological polar surface area (TPSA) is 168 Å². The van der Waals surface area contributed by atoms with E-state index in [0.29, 0.717) is 0 Å². The molecule has 0 aliphatic rings. The Balaban J connectivity index is 2.37. The van der Waals surface area contributed by atoms with Crippen LogP contribution in [0, 0.1) is 5.82 Å². The third kappa shape index (κ3) is 5.71. The molecule has 2 atom stereocenters. The van der Waals surface area contributed by atoms with E-state index in [2.05, 4.69) is 41.2 Å². The fraction of sp³-hybridized carbons (Fsp3) is 0.182. The van der Waals surface area contributed by atoms with Crippen molar-refractivity contribution >= 4 is 43.5 Å². The smallest absolute Gasteiger partial charge is 0.274 e. The van der Waals surface area contributed by atoms with Gasteiger partial charge in [0.15, 0.2) is 11.5 Å². The van der Waals surface area contributed by atoms with Crippen LogP contribution in [-0.4, -0.2) is 42.8 Å². The monoisotopic (exact) mass is 441 g/mol. The summed E-state index contributed by atoms with van der Waals surface area (Å²) in [7, 11) is -4.25. The van der Waals surface area contributed by atoms with Crippen LogP contribution in [0.4, 0.5) is 15.9 Å². The Morgan fingerprint density at radius 3 is 3.00 bits per heavy atom. The van der Waals surface area contributed by atoms with Crippen molar-refractivity contribution in [3.8, 4) is 0 Å². The number of nitrogens with two attached hydrogens (primary N) is 1. The molecule has 1 aromatic carbocycles. The molecule has 1 heterocycles. The highest BCUT2D eigenvalue weighted by molar-refractivity contribution is 9.10. The summed E-state index contributed by atoms with van der Waals surface area (Å²) in [6, 6.07) is -0.174.